The van der Waals surface area contributed by atoms with Crippen LogP contribution >= 0.6 is 0 Å². The first-order valence-corrected chi connectivity index (χ1v) is 11.5. The molecule has 39 heavy (non-hydrogen) atoms. The standard InChI is InChI=1S/C24H24F7N3O5/c1-12-18-14(33-34-21(36)22(25,26)23(27,28)24(29,30)31)5-4-6-16(18)39-19(12)20(35)32-10-9-13-7-8-15(37-2)17(11-13)38-3/h7-8,11H,4-6,9-10H2,1-3H3,(H,32,35)(H,34,36)/b33-14+. The molecule has 0 atom stereocenters. The lowest BCUT2D eigenvalue weighted by Gasteiger charge is -2.26. The van der Waals surface area contributed by atoms with Gasteiger partial charge in [0.1, 0.15) is 5.76 Å². The largest absolute Gasteiger partial charge is 0.493 e. The van der Waals surface area contributed by atoms with Crippen molar-refractivity contribution in [2.45, 2.75) is 50.6 Å². The minimum Gasteiger partial charge on any atom is -0.493 e. The summed E-state index contributed by atoms with van der Waals surface area (Å²) >= 11 is 0. The van der Waals surface area contributed by atoms with Gasteiger partial charge in [0.15, 0.2) is 17.3 Å². The summed E-state index contributed by atoms with van der Waals surface area (Å²) in [5.41, 5.74) is 2.24. The van der Waals surface area contributed by atoms with Gasteiger partial charge >= 0.3 is 23.9 Å². The second-order valence-corrected chi connectivity index (χ2v) is 8.55. The van der Waals surface area contributed by atoms with Gasteiger partial charge in [0, 0.05) is 24.1 Å². The Hall–Kier alpha value is -3.78. The van der Waals surface area contributed by atoms with Gasteiger partial charge in [0.05, 0.1) is 19.9 Å². The molecule has 0 fully saturated rings. The molecule has 0 saturated heterocycles. The van der Waals surface area contributed by atoms with E-state index in [9.17, 15) is 40.3 Å². The van der Waals surface area contributed by atoms with Crippen molar-refractivity contribution in [3.63, 3.8) is 0 Å². The van der Waals surface area contributed by atoms with Crippen LogP contribution in [0.15, 0.2) is 27.7 Å². The molecule has 0 bridgehead atoms. The summed E-state index contributed by atoms with van der Waals surface area (Å²) in [7, 11) is 2.98. The van der Waals surface area contributed by atoms with E-state index in [1.165, 1.54) is 21.1 Å². The molecule has 0 unspecified atom stereocenters. The molecule has 0 spiro atoms. The summed E-state index contributed by atoms with van der Waals surface area (Å²) in [6.45, 7) is 1.65. The van der Waals surface area contributed by atoms with Gasteiger partial charge in [-0.3, -0.25) is 9.59 Å². The van der Waals surface area contributed by atoms with Crippen molar-refractivity contribution in [1.82, 2.24) is 10.7 Å². The highest BCUT2D eigenvalue weighted by Gasteiger charge is 2.76. The van der Waals surface area contributed by atoms with Crippen LogP contribution in [0, 0.1) is 6.92 Å². The molecule has 214 valence electrons. The number of fused-ring (bicyclic) bond motifs is 1. The van der Waals surface area contributed by atoms with Crippen LogP contribution in [0.2, 0.25) is 0 Å². The molecular weight excluding hydrogens is 543 g/mol. The van der Waals surface area contributed by atoms with E-state index in [1.54, 1.807) is 18.2 Å². The molecule has 2 amide bonds. The minimum atomic E-state index is -6.66. The van der Waals surface area contributed by atoms with Gasteiger partial charge in [0.25, 0.3) is 5.91 Å². The minimum absolute atomic E-state index is 0.0508. The summed E-state index contributed by atoms with van der Waals surface area (Å²) < 4.78 is 107. The van der Waals surface area contributed by atoms with Crippen LogP contribution in [0.25, 0.3) is 0 Å². The van der Waals surface area contributed by atoms with Gasteiger partial charge in [-0.15, -0.1) is 0 Å². The average molecular weight is 567 g/mol. The number of amides is 2. The molecule has 1 heterocycles. The summed E-state index contributed by atoms with van der Waals surface area (Å²) in [6.07, 6.45) is -5.56. The number of hydrogen-bond donors (Lipinski definition) is 2. The van der Waals surface area contributed by atoms with Gasteiger partial charge in [-0.05, 0) is 43.9 Å². The van der Waals surface area contributed by atoms with Crippen LogP contribution in [0.5, 0.6) is 11.5 Å². The number of rotatable bonds is 9. The highest BCUT2D eigenvalue weighted by Crippen LogP contribution is 2.46. The highest BCUT2D eigenvalue weighted by atomic mass is 19.4. The summed E-state index contributed by atoms with van der Waals surface area (Å²) in [4.78, 5) is 24.3. The van der Waals surface area contributed by atoms with Crippen molar-refractivity contribution in [1.29, 1.82) is 0 Å². The molecule has 3 rings (SSSR count). The number of carbonyl (C=O) groups is 2. The maximum Gasteiger partial charge on any atom is 0.460 e. The first-order valence-electron chi connectivity index (χ1n) is 11.5. The molecule has 1 aliphatic rings. The van der Waals surface area contributed by atoms with Crippen molar-refractivity contribution in [3.05, 3.63) is 46.4 Å². The summed E-state index contributed by atoms with van der Waals surface area (Å²) in [5, 5.41) is 6.05. The van der Waals surface area contributed by atoms with Crippen molar-refractivity contribution >= 4 is 17.5 Å². The number of methoxy groups -OCH3 is 2. The molecule has 0 radical (unpaired) electrons. The van der Waals surface area contributed by atoms with Crippen molar-refractivity contribution in [2.75, 3.05) is 20.8 Å². The predicted molar refractivity (Wildman–Crippen MR) is 123 cm³/mol. The Bertz CT molecular complexity index is 1270. The summed E-state index contributed by atoms with van der Waals surface area (Å²) in [6, 6.07) is 5.24. The third kappa shape index (κ3) is 5.81. The second kappa shape index (κ2) is 11.1. The smallest absolute Gasteiger partial charge is 0.460 e. The zero-order valence-electron chi connectivity index (χ0n) is 20.9. The van der Waals surface area contributed by atoms with Gasteiger partial charge < -0.3 is 19.2 Å². The maximum atomic E-state index is 13.6. The number of nitrogens with zero attached hydrogens (tertiary/aromatic N) is 1. The number of nitrogens with one attached hydrogen (secondary N) is 2. The Morgan fingerprint density at radius 2 is 1.69 bits per heavy atom. The zero-order valence-corrected chi connectivity index (χ0v) is 20.9. The number of furan rings is 1. The van der Waals surface area contributed by atoms with E-state index in [4.69, 9.17) is 13.9 Å². The Balaban J connectivity index is 1.73. The van der Waals surface area contributed by atoms with Crippen LogP contribution < -0.4 is 20.2 Å². The third-order valence-electron chi connectivity index (χ3n) is 6.01. The molecular formula is C24H24F7N3O5. The maximum absolute atomic E-state index is 13.6. The van der Waals surface area contributed by atoms with E-state index in [2.05, 4.69) is 10.4 Å². The number of halogens is 7. The Labute approximate surface area is 217 Å². The third-order valence-corrected chi connectivity index (χ3v) is 6.01. The lowest BCUT2D eigenvalue weighted by Crippen LogP contribution is -2.58. The first-order chi connectivity index (χ1) is 18.2. The number of aryl methyl sites for hydroxylation is 1. The van der Waals surface area contributed by atoms with Crippen LogP contribution in [-0.4, -0.2) is 56.3 Å². The lowest BCUT2D eigenvalue weighted by atomic mass is 9.93. The van der Waals surface area contributed by atoms with Gasteiger partial charge in [-0.25, -0.2) is 5.43 Å². The molecule has 2 aromatic rings. The van der Waals surface area contributed by atoms with Crippen LogP contribution in [0.3, 0.4) is 0 Å². The molecule has 1 aromatic carbocycles. The zero-order chi connectivity index (χ0) is 29.2. The number of hydrogen-bond acceptors (Lipinski definition) is 6. The van der Waals surface area contributed by atoms with Crippen molar-refractivity contribution in [2.24, 2.45) is 5.10 Å². The molecule has 1 aromatic heterocycles. The van der Waals surface area contributed by atoms with E-state index in [1.807, 2.05) is 0 Å². The fraction of sp³-hybridized carbons (Fsp3) is 0.458. The molecule has 0 saturated carbocycles. The topological polar surface area (TPSA) is 102 Å². The van der Waals surface area contributed by atoms with E-state index >= 15 is 0 Å². The highest BCUT2D eigenvalue weighted by molar-refractivity contribution is 6.06. The molecule has 8 nitrogen and oxygen atoms in total. The lowest BCUT2D eigenvalue weighted by molar-refractivity contribution is -0.344. The van der Waals surface area contributed by atoms with Crippen LogP contribution in [-0.2, 0) is 17.6 Å². The first kappa shape index (κ1) is 29.8. The fourth-order valence-corrected chi connectivity index (χ4v) is 3.94. The number of ether oxygens (including phenoxy) is 2. The van der Waals surface area contributed by atoms with Gasteiger partial charge in [0.2, 0.25) is 0 Å². The number of benzene rings is 1. The van der Waals surface area contributed by atoms with E-state index < -0.39 is 29.8 Å². The SMILES string of the molecule is COc1ccc(CCNC(=O)c2oc3c(c2C)/C(=N/NC(=O)C(F)(F)C(F)(F)C(F)(F)F)CCC3)cc1OC. The fourth-order valence-electron chi connectivity index (χ4n) is 3.94. The van der Waals surface area contributed by atoms with Crippen LogP contribution in [0.4, 0.5) is 30.7 Å². The number of alkyl halides is 7. The quantitative estimate of drug-likeness (QED) is 0.342. The summed E-state index contributed by atoms with van der Waals surface area (Å²) in [5.74, 6) is -15.1. The van der Waals surface area contributed by atoms with Gasteiger partial charge in [-0.2, -0.15) is 35.8 Å². The Kier molecular flexibility index (Phi) is 8.50. The number of carbonyl (C=O) groups excluding carboxylic acids is 2. The van der Waals surface area contributed by atoms with E-state index in [0.717, 1.165) is 11.0 Å². The van der Waals surface area contributed by atoms with Crippen LogP contribution in [0.1, 0.15) is 45.8 Å². The van der Waals surface area contributed by atoms with E-state index in [-0.39, 0.29) is 41.3 Å². The molecule has 15 heteroatoms. The monoisotopic (exact) mass is 567 g/mol. The van der Waals surface area contributed by atoms with E-state index in [0.29, 0.717) is 30.8 Å². The molecule has 1 aliphatic carbocycles. The number of hydrazone groups is 1. The van der Waals surface area contributed by atoms with Crippen molar-refractivity contribution in [3.8, 4) is 11.5 Å². The van der Waals surface area contributed by atoms with Crippen molar-refractivity contribution < 1.29 is 54.2 Å². The Morgan fingerprint density at radius 1 is 1.03 bits per heavy atom. The second-order valence-electron chi connectivity index (χ2n) is 8.55. The predicted octanol–water partition coefficient (Wildman–Crippen LogP) is 4.57. The van der Waals surface area contributed by atoms with Gasteiger partial charge in [-0.1, -0.05) is 6.07 Å². The average Bonchev–Trinajstić information content (AvgIpc) is 3.23. The molecule has 0 aliphatic heterocycles. The Morgan fingerprint density at radius 3 is 2.31 bits per heavy atom. The normalized spacial score (nSPS) is 15.1. The molecule has 2 N–H and O–H groups in total.